The fourth-order valence-electron chi connectivity index (χ4n) is 3.10. The molecule has 0 aliphatic heterocycles. The molecule has 0 atom stereocenters. The fraction of sp³-hybridized carbons (Fsp3) is 0.174. The first-order valence-electron chi connectivity index (χ1n) is 10.7. The van der Waals surface area contributed by atoms with Crippen LogP contribution in [0.4, 0.5) is 32.3 Å². The quantitative estimate of drug-likeness (QED) is 0.195. The number of aromatic nitrogens is 2. The van der Waals surface area contributed by atoms with E-state index in [9.17, 15) is 29.4 Å². The SMILES string of the molecule is COC(=O)Nc1ccc(NC(=O)Cn2cc[n+](CC(=O)Nc3ccc(NC(=O)OC)cc3O)c2)c(O)c1. The third-order valence-corrected chi connectivity index (χ3v) is 4.81. The number of carbonyl (C=O) groups is 4. The number of nitrogens with one attached hydrogen (secondary N) is 4. The van der Waals surface area contributed by atoms with Gasteiger partial charge in [-0.2, -0.15) is 0 Å². The van der Waals surface area contributed by atoms with Gasteiger partial charge in [-0.3, -0.25) is 20.2 Å². The van der Waals surface area contributed by atoms with Crippen LogP contribution in [0.1, 0.15) is 0 Å². The first kappa shape index (κ1) is 26.3. The summed E-state index contributed by atoms with van der Waals surface area (Å²) in [6.07, 6.45) is 3.30. The van der Waals surface area contributed by atoms with E-state index in [1.807, 2.05) is 0 Å². The Morgan fingerprint density at radius 1 is 0.811 bits per heavy atom. The van der Waals surface area contributed by atoms with Crippen LogP contribution in [-0.2, 0) is 32.2 Å². The highest BCUT2D eigenvalue weighted by Gasteiger charge is 2.15. The van der Waals surface area contributed by atoms with Gasteiger partial charge in [0.1, 0.15) is 23.9 Å². The lowest BCUT2D eigenvalue weighted by molar-refractivity contribution is -0.683. The molecule has 0 unspecified atom stereocenters. The van der Waals surface area contributed by atoms with Crippen LogP contribution in [0.25, 0.3) is 0 Å². The Hall–Kier alpha value is -5.27. The van der Waals surface area contributed by atoms with Crippen molar-refractivity contribution in [2.75, 3.05) is 35.5 Å². The number of carbonyl (C=O) groups excluding carboxylic acids is 4. The average Bonchev–Trinajstić information content (AvgIpc) is 3.28. The maximum atomic E-state index is 12.4. The molecule has 0 saturated carbocycles. The second-order valence-electron chi connectivity index (χ2n) is 7.55. The Bertz CT molecular complexity index is 1220. The zero-order chi connectivity index (χ0) is 26.9. The van der Waals surface area contributed by atoms with Crippen molar-refractivity contribution in [3.05, 3.63) is 55.1 Å². The van der Waals surface area contributed by atoms with Gasteiger partial charge in [0, 0.05) is 23.5 Å². The molecule has 2 aromatic carbocycles. The smallest absolute Gasteiger partial charge is 0.411 e. The predicted molar refractivity (Wildman–Crippen MR) is 130 cm³/mol. The fourth-order valence-corrected chi connectivity index (χ4v) is 3.10. The Labute approximate surface area is 210 Å². The second-order valence-corrected chi connectivity index (χ2v) is 7.55. The average molecular weight is 513 g/mol. The number of methoxy groups -OCH3 is 2. The van der Waals surface area contributed by atoms with E-state index in [0.29, 0.717) is 0 Å². The number of nitrogens with zero attached hydrogens (tertiary/aromatic N) is 2. The third kappa shape index (κ3) is 7.61. The van der Waals surface area contributed by atoms with Crippen LogP contribution in [0, 0.1) is 0 Å². The van der Waals surface area contributed by atoms with Crippen LogP contribution < -0.4 is 25.8 Å². The van der Waals surface area contributed by atoms with Gasteiger partial charge in [0.25, 0.3) is 11.8 Å². The number of ether oxygens (including phenoxy) is 2. The van der Waals surface area contributed by atoms with E-state index < -0.39 is 24.0 Å². The van der Waals surface area contributed by atoms with Crippen molar-refractivity contribution in [2.24, 2.45) is 0 Å². The summed E-state index contributed by atoms with van der Waals surface area (Å²) >= 11 is 0. The van der Waals surface area contributed by atoms with Crippen LogP contribution in [-0.4, -0.2) is 53.0 Å². The molecule has 1 heterocycles. The first-order chi connectivity index (χ1) is 17.7. The maximum Gasteiger partial charge on any atom is 0.411 e. The van der Waals surface area contributed by atoms with Gasteiger partial charge in [-0.05, 0) is 24.3 Å². The number of benzene rings is 2. The van der Waals surface area contributed by atoms with Gasteiger partial charge in [0.2, 0.25) is 6.33 Å². The molecular weight excluding hydrogens is 488 g/mol. The number of anilines is 4. The minimum Gasteiger partial charge on any atom is -0.506 e. The summed E-state index contributed by atoms with van der Waals surface area (Å²) in [7, 11) is 2.41. The van der Waals surface area contributed by atoms with Crippen LogP contribution in [0.3, 0.4) is 0 Å². The monoisotopic (exact) mass is 513 g/mol. The molecule has 14 nitrogen and oxygen atoms in total. The lowest BCUT2D eigenvalue weighted by atomic mass is 10.2. The molecular formula is C23H25N6O8+. The molecule has 0 bridgehead atoms. The molecule has 194 valence electrons. The van der Waals surface area contributed by atoms with Crippen molar-refractivity contribution in [3.63, 3.8) is 0 Å². The Kier molecular flexibility index (Phi) is 8.49. The van der Waals surface area contributed by atoms with Crippen LogP contribution in [0.2, 0.25) is 0 Å². The van der Waals surface area contributed by atoms with Gasteiger partial charge >= 0.3 is 12.2 Å². The number of aromatic hydroxyl groups is 2. The topological polar surface area (TPSA) is 184 Å². The van der Waals surface area contributed by atoms with Crippen molar-refractivity contribution in [1.29, 1.82) is 0 Å². The van der Waals surface area contributed by atoms with E-state index in [4.69, 9.17) is 0 Å². The van der Waals surface area contributed by atoms with Gasteiger partial charge in [-0.15, -0.1) is 0 Å². The number of hydrogen-bond acceptors (Lipinski definition) is 8. The number of imidazole rings is 1. The highest BCUT2D eigenvalue weighted by atomic mass is 16.5. The molecule has 37 heavy (non-hydrogen) atoms. The van der Waals surface area contributed by atoms with Crippen molar-refractivity contribution in [2.45, 2.75) is 13.1 Å². The first-order valence-corrected chi connectivity index (χ1v) is 10.7. The van der Waals surface area contributed by atoms with Gasteiger partial charge in [-0.1, -0.05) is 0 Å². The summed E-state index contributed by atoms with van der Waals surface area (Å²) in [5.41, 5.74) is 0.864. The molecule has 14 heteroatoms. The van der Waals surface area contributed by atoms with Crippen LogP contribution in [0.5, 0.6) is 11.5 Å². The lowest BCUT2D eigenvalue weighted by Gasteiger charge is -2.09. The van der Waals surface area contributed by atoms with Crippen molar-refractivity contribution >= 4 is 46.8 Å². The standard InChI is InChI=1S/C23H24N6O8/c1-36-22(34)24-14-3-5-16(18(30)9-14)26-20(32)11-28-7-8-29(13-28)12-21(33)27-17-6-4-15(10-19(17)31)25-23(35)37-2/h3-10,13H,11-12H2,1-2H3,(H5-,24,25,26,27,30,31,32,33,34,35)/p+1. The minimum atomic E-state index is -0.701. The Balaban J connectivity index is 1.52. The summed E-state index contributed by atoms with van der Waals surface area (Å²) in [6.45, 7) is -0.211. The van der Waals surface area contributed by atoms with E-state index >= 15 is 0 Å². The summed E-state index contributed by atoms with van der Waals surface area (Å²) in [6, 6.07) is 8.33. The normalized spacial score (nSPS) is 10.2. The summed E-state index contributed by atoms with van der Waals surface area (Å²) in [4.78, 5) is 47.3. The molecule has 0 aliphatic rings. The molecule has 0 radical (unpaired) electrons. The Morgan fingerprint density at radius 2 is 1.32 bits per heavy atom. The number of amides is 4. The number of phenolic OH excluding ortho intramolecular Hbond substituents is 2. The largest absolute Gasteiger partial charge is 0.506 e. The van der Waals surface area contributed by atoms with E-state index in [1.54, 1.807) is 12.4 Å². The molecule has 6 N–H and O–H groups in total. The molecule has 0 saturated heterocycles. The highest BCUT2D eigenvalue weighted by molar-refractivity contribution is 5.94. The molecule has 1 aromatic heterocycles. The van der Waals surface area contributed by atoms with Gasteiger partial charge in [0.15, 0.2) is 13.1 Å². The highest BCUT2D eigenvalue weighted by Crippen LogP contribution is 2.27. The lowest BCUT2D eigenvalue weighted by Crippen LogP contribution is -2.38. The predicted octanol–water partition coefficient (Wildman–Crippen LogP) is 1.82. The van der Waals surface area contributed by atoms with Gasteiger partial charge in [-0.25, -0.2) is 18.7 Å². The van der Waals surface area contributed by atoms with E-state index in [-0.39, 0.29) is 47.3 Å². The third-order valence-electron chi connectivity index (χ3n) is 4.81. The van der Waals surface area contributed by atoms with Crippen molar-refractivity contribution in [1.82, 2.24) is 4.57 Å². The van der Waals surface area contributed by atoms with Crippen LogP contribution in [0.15, 0.2) is 55.1 Å². The van der Waals surface area contributed by atoms with Crippen LogP contribution >= 0.6 is 0 Å². The minimum absolute atomic E-state index is 0.105. The van der Waals surface area contributed by atoms with E-state index in [2.05, 4.69) is 30.7 Å². The zero-order valence-electron chi connectivity index (χ0n) is 19.8. The van der Waals surface area contributed by atoms with Gasteiger partial charge in [0.05, 0.1) is 25.6 Å². The Morgan fingerprint density at radius 3 is 1.81 bits per heavy atom. The maximum absolute atomic E-state index is 12.4. The molecule has 0 spiro atoms. The number of phenols is 2. The van der Waals surface area contributed by atoms with E-state index in [1.165, 1.54) is 66.1 Å². The molecule has 0 fully saturated rings. The van der Waals surface area contributed by atoms with E-state index in [0.717, 1.165) is 0 Å². The number of rotatable bonds is 8. The molecule has 0 aliphatic carbocycles. The second kappa shape index (κ2) is 11.9. The molecule has 3 rings (SSSR count). The summed E-state index contributed by atoms with van der Waals surface area (Å²) in [5.74, 6) is -1.39. The number of hydrogen-bond donors (Lipinski definition) is 6. The molecule has 3 aromatic rings. The summed E-state index contributed by atoms with van der Waals surface area (Å²) < 4.78 is 12.0. The van der Waals surface area contributed by atoms with Crippen molar-refractivity contribution in [3.8, 4) is 11.5 Å². The zero-order valence-corrected chi connectivity index (χ0v) is 19.8. The summed E-state index contributed by atoms with van der Waals surface area (Å²) in [5, 5.41) is 30.1. The van der Waals surface area contributed by atoms with Gasteiger partial charge < -0.3 is 30.3 Å². The molecule has 4 amide bonds. The van der Waals surface area contributed by atoms with Crippen molar-refractivity contribution < 1.29 is 43.4 Å².